The van der Waals surface area contributed by atoms with E-state index in [1.54, 1.807) is 48.5 Å². The molecule has 3 aromatic rings. The Kier molecular flexibility index (Phi) is 12.2. The summed E-state index contributed by atoms with van der Waals surface area (Å²) in [4.78, 5) is 29.4. The normalized spacial score (nSPS) is 13.9. The Hall–Kier alpha value is -3.96. The summed E-state index contributed by atoms with van der Waals surface area (Å²) in [6.45, 7) is 3.55. The van der Waals surface area contributed by atoms with Crippen LogP contribution in [0.15, 0.2) is 71.6 Å². The van der Waals surface area contributed by atoms with E-state index < -0.39 is 28.5 Å². The van der Waals surface area contributed by atoms with Gasteiger partial charge in [-0.2, -0.15) is 0 Å². The average molecular weight is 672 g/mol. The van der Waals surface area contributed by atoms with E-state index in [4.69, 9.17) is 25.8 Å². The molecule has 10 nitrogen and oxygen atoms in total. The molecule has 0 radical (unpaired) electrons. The highest BCUT2D eigenvalue weighted by molar-refractivity contribution is 7.92. The molecule has 3 aromatic carbocycles. The van der Waals surface area contributed by atoms with Gasteiger partial charge in [-0.15, -0.1) is 0 Å². The van der Waals surface area contributed by atoms with Crippen LogP contribution in [0.2, 0.25) is 5.02 Å². The maximum Gasteiger partial charge on any atom is 0.264 e. The van der Waals surface area contributed by atoms with Gasteiger partial charge in [-0.3, -0.25) is 13.9 Å². The molecule has 1 N–H and O–H groups in total. The molecule has 0 unspecified atom stereocenters. The SMILES string of the molecule is CCOc1ccc(N(CC(=O)N(Cc2ccccc2Cl)[C@H](CC)C(=O)NC2CCCC2)S(=O)(=O)c2ccc(OC)c(OC)c2)cc1. The monoisotopic (exact) mass is 671 g/mol. The standard InChI is InChI=1S/C34H42ClN3O7S/c1-5-30(34(40)36-25-12-8-9-13-25)37(22-24-11-7-10-14-29(24)35)33(39)23-38(26-15-17-27(18-16-26)45-6-2)46(41,42)28-19-20-31(43-3)32(21-28)44-4/h7,10-11,14-21,25,30H,5-6,8-9,12-13,22-23H2,1-4H3,(H,36,40)/t30-/m1/s1. The predicted octanol–water partition coefficient (Wildman–Crippen LogP) is 5.82. The van der Waals surface area contributed by atoms with E-state index >= 15 is 0 Å². The topological polar surface area (TPSA) is 114 Å². The molecule has 0 bridgehead atoms. The van der Waals surface area contributed by atoms with Gasteiger partial charge >= 0.3 is 0 Å². The van der Waals surface area contributed by atoms with Crippen molar-refractivity contribution < 1.29 is 32.2 Å². The highest BCUT2D eigenvalue weighted by Gasteiger charge is 2.35. The summed E-state index contributed by atoms with van der Waals surface area (Å²) in [5, 5.41) is 3.55. The van der Waals surface area contributed by atoms with Crippen LogP contribution in [0.25, 0.3) is 0 Å². The molecule has 0 spiro atoms. The highest BCUT2D eigenvalue weighted by atomic mass is 35.5. The lowest BCUT2D eigenvalue weighted by molar-refractivity contribution is -0.140. The molecular formula is C34H42ClN3O7S. The Morgan fingerprint density at radius 1 is 0.957 bits per heavy atom. The second-order valence-corrected chi connectivity index (χ2v) is 13.3. The van der Waals surface area contributed by atoms with Gasteiger partial charge in [0.1, 0.15) is 18.3 Å². The summed E-state index contributed by atoms with van der Waals surface area (Å²) < 4.78 is 45.9. The highest BCUT2D eigenvalue weighted by Crippen LogP contribution is 2.33. The van der Waals surface area contributed by atoms with Crippen molar-refractivity contribution in [2.45, 2.75) is 69.5 Å². The van der Waals surface area contributed by atoms with Crippen LogP contribution in [-0.2, 0) is 26.2 Å². The maximum absolute atomic E-state index is 14.4. The van der Waals surface area contributed by atoms with Gasteiger partial charge in [0.2, 0.25) is 11.8 Å². The third-order valence-electron chi connectivity index (χ3n) is 8.04. The molecule has 2 amide bonds. The van der Waals surface area contributed by atoms with E-state index in [2.05, 4.69) is 5.32 Å². The third-order valence-corrected chi connectivity index (χ3v) is 10.2. The lowest BCUT2D eigenvalue weighted by atomic mass is 10.1. The number of benzene rings is 3. The minimum Gasteiger partial charge on any atom is -0.494 e. The molecule has 0 aliphatic heterocycles. The number of carbonyl (C=O) groups excluding carboxylic acids is 2. The van der Waals surface area contributed by atoms with Crippen molar-refractivity contribution in [1.82, 2.24) is 10.2 Å². The fourth-order valence-electron chi connectivity index (χ4n) is 5.61. The molecule has 4 rings (SSSR count). The summed E-state index contributed by atoms with van der Waals surface area (Å²) in [5.41, 5.74) is 0.882. The lowest BCUT2D eigenvalue weighted by Crippen LogP contribution is -2.53. The molecule has 1 fully saturated rings. The number of amides is 2. The van der Waals surface area contributed by atoms with Crippen LogP contribution in [0.4, 0.5) is 5.69 Å². The van der Waals surface area contributed by atoms with Crippen LogP contribution < -0.4 is 23.8 Å². The van der Waals surface area contributed by atoms with Crippen LogP contribution >= 0.6 is 11.6 Å². The zero-order valence-electron chi connectivity index (χ0n) is 26.7. The average Bonchev–Trinajstić information content (AvgIpc) is 3.57. The number of carbonyl (C=O) groups is 2. The summed E-state index contributed by atoms with van der Waals surface area (Å²) >= 11 is 6.51. The first-order valence-electron chi connectivity index (χ1n) is 15.4. The van der Waals surface area contributed by atoms with Crippen molar-refractivity contribution in [3.63, 3.8) is 0 Å². The van der Waals surface area contributed by atoms with Gasteiger partial charge in [0.25, 0.3) is 10.0 Å². The number of ether oxygens (including phenoxy) is 3. The number of halogens is 1. The molecule has 0 saturated heterocycles. The Morgan fingerprint density at radius 2 is 1.63 bits per heavy atom. The van der Waals surface area contributed by atoms with Crippen molar-refractivity contribution >= 4 is 39.1 Å². The maximum atomic E-state index is 14.4. The number of hydrogen-bond acceptors (Lipinski definition) is 7. The van der Waals surface area contributed by atoms with Crippen LogP contribution in [0.5, 0.6) is 17.2 Å². The summed E-state index contributed by atoms with van der Waals surface area (Å²) in [5.74, 6) is 0.291. The zero-order chi connectivity index (χ0) is 33.3. The largest absolute Gasteiger partial charge is 0.494 e. The molecule has 248 valence electrons. The second-order valence-electron chi connectivity index (χ2n) is 11.0. The number of hydrogen-bond donors (Lipinski definition) is 1. The molecule has 12 heteroatoms. The Morgan fingerprint density at radius 3 is 2.24 bits per heavy atom. The Bertz CT molecular complexity index is 1590. The molecule has 0 aromatic heterocycles. The summed E-state index contributed by atoms with van der Waals surface area (Å²) in [7, 11) is -1.47. The first-order valence-corrected chi connectivity index (χ1v) is 17.3. The molecule has 1 aliphatic carbocycles. The van der Waals surface area contributed by atoms with Crippen molar-refractivity contribution in [1.29, 1.82) is 0 Å². The van der Waals surface area contributed by atoms with Crippen LogP contribution in [-0.4, -0.2) is 64.6 Å². The predicted molar refractivity (Wildman–Crippen MR) is 178 cm³/mol. The van der Waals surface area contributed by atoms with E-state index in [1.807, 2.05) is 13.8 Å². The van der Waals surface area contributed by atoms with Gasteiger partial charge in [0, 0.05) is 23.7 Å². The van der Waals surface area contributed by atoms with Crippen LogP contribution in [0, 0.1) is 0 Å². The number of anilines is 1. The van der Waals surface area contributed by atoms with Gasteiger partial charge in [0.15, 0.2) is 11.5 Å². The molecular weight excluding hydrogens is 630 g/mol. The van der Waals surface area contributed by atoms with Crippen LogP contribution in [0.3, 0.4) is 0 Å². The van der Waals surface area contributed by atoms with Gasteiger partial charge in [-0.05, 0) is 74.2 Å². The second kappa shape index (κ2) is 16.0. The van der Waals surface area contributed by atoms with Gasteiger partial charge < -0.3 is 24.4 Å². The minimum absolute atomic E-state index is 0.0165. The molecule has 1 atom stereocenters. The van der Waals surface area contributed by atoms with E-state index in [0.29, 0.717) is 35.1 Å². The van der Waals surface area contributed by atoms with Crippen molar-refractivity contribution in [2.75, 3.05) is 31.7 Å². The number of nitrogens with zero attached hydrogens (tertiary/aromatic N) is 2. The summed E-state index contributed by atoms with van der Waals surface area (Å²) in [6.07, 6.45) is 4.16. The van der Waals surface area contributed by atoms with Crippen molar-refractivity contribution in [3.05, 3.63) is 77.3 Å². The number of nitrogens with one attached hydrogen (secondary N) is 1. The smallest absolute Gasteiger partial charge is 0.264 e. The minimum atomic E-state index is -4.33. The van der Waals surface area contributed by atoms with E-state index in [9.17, 15) is 18.0 Å². The number of rotatable bonds is 15. The fraction of sp³-hybridized carbons (Fsp3) is 0.412. The molecule has 1 aliphatic rings. The van der Waals surface area contributed by atoms with Gasteiger partial charge in [-0.1, -0.05) is 49.6 Å². The third kappa shape index (κ3) is 8.24. The number of sulfonamides is 1. The van der Waals surface area contributed by atoms with Crippen molar-refractivity contribution in [3.8, 4) is 17.2 Å². The van der Waals surface area contributed by atoms with E-state index in [-0.39, 0.29) is 34.8 Å². The van der Waals surface area contributed by atoms with Crippen LogP contribution in [0.1, 0.15) is 51.5 Å². The first kappa shape index (κ1) is 34.9. The van der Waals surface area contributed by atoms with E-state index in [0.717, 1.165) is 30.0 Å². The van der Waals surface area contributed by atoms with Gasteiger partial charge in [-0.25, -0.2) is 8.42 Å². The Balaban J connectivity index is 1.76. The molecule has 46 heavy (non-hydrogen) atoms. The lowest BCUT2D eigenvalue weighted by Gasteiger charge is -2.34. The first-order chi connectivity index (χ1) is 22.1. The summed E-state index contributed by atoms with van der Waals surface area (Å²) in [6, 6.07) is 17.0. The molecule has 1 saturated carbocycles. The number of methoxy groups -OCH3 is 2. The fourth-order valence-corrected chi connectivity index (χ4v) is 7.23. The zero-order valence-corrected chi connectivity index (χ0v) is 28.3. The quantitative estimate of drug-likeness (QED) is 0.217. The van der Waals surface area contributed by atoms with Crippen molar-refractivity contribution in [2.24, 2.45) is 0 Å². The molecule has 0 heterocycles. The van der Waals surface area contributed by atoms with E-state index in [1.165, 1.54) is 37.3 Å². The van der Waals surface area contributed by atoms with Gasteiger partial charge in [0.05, 0.1) is 31.4 Å². The Labute approximate surface area is 276 Å².